The van der Waals surface area contributed by atoms with E-state index in [0.717, 1.165) is 29.9 Å². The number of nitrogen functional groups attached to an aromatic ring is 1. The molecular formula is C29H28F6N6O3S. The summed E-state index contributed by atoms with van der Waals surface area (Å²) in [6.07, 6.45) is -4.63. The van der Waals surface area contributed by atoms with Gasteiger partial charge in [-0.1, -0.05) is 11.3 Å². The van der Waals surface area contributed by atoms with Gasteiger partial charge >= 0.3 is 12.2 Å². The number of aromatic nitrogens is 3. The summed E-state index contributed by atoms with van der Waals surface area (Å²) in [6, 6.07) is 2.00. The zero-order valence-corrected chi connectivity index (χ0v) is 24.5. The van der Waals surface area contributed by atoms with Crippen molar-refractivity contribution in [3.8, 4) is 23.0 Å². The molecule has 3 aliphatic heterocycles. The molecule has 16 heteroatoms. The van der Waals surface area contributed by atoms with E-state index in [1.54, 1.807) is 0 Å². The highest BCUT2D eigenvalue weighted by Gasteiger charge is 2.49. The molecular weight excluding hydrogens is 626 g/mol. The summed E-state index contributed by atoms with van der Waals surface area (Å²) in [5, 5.41) is 12.1. The maximum atomic E-state index is 16.6. The molecule has 0 bridgehead atoms. The van der Waals surface area contributed by atoms with Crippen LogP contribution in [0.25, 0.3) is 32.2 Å². The van der Waals surface area contributed by atoms with E-state index in [9.17, 15) is 27.1 Å². The Labute approximate surface area is 256 Å². The average molecular weight is 655 g/mol. The van der Waals surface area contributed by atoms with Crippen LogP contribution in [0.4, 0.5) is 31.5 Å². The van der Waals surface area contributed by atoms with Crippen LogP contribution in [-0.2, 0) is 6.18 Å². The number of benzene rings is 2. The average Bonchev–Trinajstić information content (AvgIpc) is 3.76. The Morgan fingerprint density at radius 3 is 2.76 bits per heavy atom. The van der Waals surface area contributed by atoms with Crippen LogP contribution in [-0.4, -0.2) is 81.7 Å². The molecule has 240 valence electrons. The fourth-order valence-corrected chi connectivity index (χ4v) is 7.60. The molecule has 5 heterocycles. The van der Waals surface area contributed by atoms with Crippen LogP contribution in [0.5, 0.6) is 11.9 Å². The normalized spacial score (nSPS) is 25.4. The van der Waals surface area contributed by atoms with Crippen molar-refractivity contribution in [2.45, 2.75) is 55.7 Å². The molecule has 0 aliphatic carbocycles. The van der Waals surface area contributed by atoms with Crippen LogP contribution in [0.3, 0.4) is 0 Å². The number of aliphatic hydroxyl groups is 1. The number of nitrogens with one attached hydrogen (secondary N) is 1. The summed E-state index contributed by atoms with van der Waals surface area (Å²) in [7, 11) is 0. The lowest BCUT2D eigenvalue weighted by Crippen LogP contribution is -2.43. The van der Waals surface area contributed by atoms with Crippen molar-refractivity contribution in [1.29, 1.82) is 0 Å². The summed E-state index contributed by atoms with van der Waals surface area (Å²) < 4.78 is 101. The standard InChI is InChI=1S/C29H28F6N6O3S/c30-13-8-28(4-1-5-41(28)10-13)12-43-27-39-22-17(25(40-27)44-15-6-14(11-42)37-9-15)7-18(29(33,34)35)20(21(22)32)16-2-3-19(31)24-23(16)38-26(36)45-24/h2-3,7,13-15,37,42H,1,4-6,8-12H2,(H2,36,38)/t13-,14+,15-,28?/m1/s1. The highest BCUT2D eigenvalue weighted by Crippen LogP contribution is 2.46. The molecule has 4 atom stereocenters. The third-order valence-electron chi connectivity index (χ3n) is 8.87. The highest BCUT2D eigenvalue weighted by molar-refractivity contribution is 7.22. The second-order valence-corrected chi connectivity index (χ2v) is 12.8. The van der Waals surface area contributed by atoms with Crippen molar-refractivity contribution in [3.63, 3.8) is 0 Å². The van der Waals surface area contributed by atoms with E-state index >= 15 is 4.39 Å². The third kappa shape index (κ3) is 5.30. The number of alkyl halides is 4. The molecule has 1 unspecified atom stereocenters. The Morgan fingerprint density at radius 2 is 2.00 bits per heavy atom. The first-order valence-electron chi connectivity index (χ1n) is 14.4. The van der Waals surface area contributed by atoms with Gasteiger partial charge in [-0.25, -0.2) is 18.2 Å². The van der Waals surface area contributed by atoms with E-state index in [0.29, 0.717) is 25.5 Å². The topological polar surface area (TPSA) is 119 Å². The van der Waals surface area contributed by atoms with Crippen molar-refractivity contribution in [2.75, 3.05) is 38.6 Å². The van der Waals surface area contributed by atoms with Crippen LogP contribution in [0.1, 0.15) is 31.2 Å². The molecule has 2 aromatic carbocycles. The Hall–Kier alpha value is -3.47. The van der Waals surface area contributed by atoms with Crippen molar-refractivity contribution >= 4 is 37.6 Å². The molecule has 0 radical (unpaired) electrons. The first-order chi connectivity index (χ1) is 21.5. The molecule has 0 saturated carbocycles. The van der Waals surface area contributed by atoms with Crippen LogP contribution in [0.15, 0.2) is 18.2 Å². The van der Waals surface area contributed by atoms with Crippen molar-refractivity contribution in [1.82, 2.24) is 25.2 Å². The van der Waals surface area contributed by atoms with Crippen LogP contribution in [0, 0.1) is 11.6 Å². The molecule has 4 aromatic rings. The summed E-state index contributed by atoms with van der Waals surface area (Å²) in [5.41, 5.74) is 1.83. The van der Waals surface area contributed by atoms with Crippen LogP contribution in [0.2, 0.25) is 0 Å². The van der Waals surface area contributed by atoms with Gasteiger partial charge in [0.05, 0.1) is 33.3 Å². The fourth-order valence-electron chi connectivity index (χ4n) is 6.83. The number of nitrogens with two attached hydrogens (primary N) is 1. The third-order valence-corrected chi connectivity index (χ3v) is 9.77. The van der Waals surface area contributed by atoms with Gasteiger partial charge in [-0.2, -0.15) is 23.1 Å². The van der Waals surface area contributed by atoms with E-state index in [1.165, 1.54) is 0 Å². The van der Waals surface area contributed by atoms with Crippen molar-refractivity contribution in [2.24, 2.45) is 0 Å². The quantitative estimate of drug-likeness (QED) is 0.241. The van der Waals surface area contributed by atoms with Gasteiger partial charge in [0.25, 0.3) is 0 Å². The summed E-state index contributed by atoms with van der Waals surface area (Å²) in [4.78, 5) is 14.5. The number of hydrogen-bond acceptors (Lipinski definition) is 10. The van der Waals surface area contributed by atoms with Gasteiger partial charge in [-0.3, -0.25) is 4.90 Å². The van der Waals surface area contributed by atoms with E-state index in [4.69, 9.17) is 15.2 Å². The lowest BCUT2D eigenvalue weighted by Gasteiger charge is -2.30. The Morgan fingerprint density at radius 1 is 1.18 bits per heavy atom. The minimum absolute atomic E-state index is 0.0122. The van der Waals surface area contributed by atoms with Crippen molar-refractivity contribution < 1.29 is 40.9 Å². The first-order valence-corrected chi connectivity index (χ1v) is 15.3. The second-order valence-electron chi connectivity index (χ2n) is 11.8. The monoisotopic (exact) mass is 654 g/mol. The fraction of sp³-hybridized carbons (Fsp3) is 0.483. The van der Waals surface area contributed by atoms with E-state index in [2.05, 4.69) is 20.3 Å². The SMILES string of the molecule is Nc1nc2c(-c3c(C(F)(F)F)cc4c(O[C@H]5CN[C@H](CO)C5)nc(OCC56CCCN5C[C@H](F)C6)nc4c3F)ccc(F)c2s1. The van der Waals surface area contributed by atoms with Crippen molar-refractivity contribution in [3.05, 3.63) is 35.4 Å². The van der Waals surface area contributed by atoms with Crippen LogP contribution < -0.4 is 20.5 Å². The number of aliphatic hydroxyl groups excluding tert-OH is 1. The minimum Gasteiger partial charge on any atom is -0.472 e. The molecule has 3 fully saturated rings. The van der Waals surface area contributed by atoms with E-state index in [1.807, 2.05) is 4.90 Å². The summed E-state index contributed by atoms with van der Waals surface area (Å²) >= 11 is 0.729. The summed E-state index contributed by atoms with van der Waals surface area (Å²) in [6.45, 7) is 1.03. The molecule has 3 saturated heterocycles. The second kappa shape index (κ2) is 11.1. The van der Waals surface area contributed by atoms with E-state index in [-0.39, 0.29) is 77.0 Å². The van der Waals surface area contributed by atoms with Gasteiger partial charge in [0, 0.05) is 43.1 Å². The Balaban J connectivity index is 1.39. The van der Waals surface area contributed by atoms with Gasteiger partial charge in [0.1, 0.15) is 30.2 Å². The lowest BCUT2D eigenvalue weighted by atomic mass is 9.95. The molecule has 45 heavy (non-hydrogen) atoms. The number of anilines is 1. The Kier molecular flexibility index (Phi) is 7.45. The highest BCUT2D eigenvalue weighted by atomic mass is 32.1. The molecule has 4 N–H and O–H groups in total. The van der Waals surface area contributed by atoms with Gasteiger partial charge in [0.2, 0.25) is 5.88 Å². The predicted octanol–water partition coefficient (Wildman–Crippen LogP) is 4.84. The minimum atomic E-state index is -5.06. The molecule has 0 spiro atoms. The number of nitrogens with zero attached hydrogens (tertiary/aromatic N) is 4. The van der Waals surface area contributed by atoms with Gasteiger partial charge in [-0.15, -0.1) is 0 Å². The number of fused-ring (bicyclic) bond motifs is 3. The lowest BCUT2D eigenvalue weighted by molar-refractivity contribution is -0.137. The Bertz CT molecular complexity index is 1790. The first kappa shape index (κ1) is 30.2. The number of rotatable bonds is 7. The van der Waals surface area contributed by atoms with Crippen LogP contribution >= 0.6 is 11.3 Å². The largest absolute Gasteiger partial charge is 0.472 e. The number of halogens is 6. The smallest absolute Gasteiger partial charge is 0.417 e. The summed E-state index contributed by atoms with van der Waals surface area (Å²) in [5.74, 6) is -2.46. The molecule has 0 amide bonds. The van der Waals surface area contributed by atoms with Gasteiger partial charge in [-0.05, 0) is 37.6 Å². The zero-order valence-electron chi connectivity index (χ0n) is 23.6. The maximum absolute atomic E-state index is 16.6. The van der Waals surface area contributed by atoms with Gasteiger partial charge < -0.3 is 25.6 Å². The molecule has 3 aliphatic rings. The molecule has 2 aromatic heterocycles. The predicted molar refractivity (Wildman–Crippen MR) is 154 cm³/mol. The van der Waals surface area contributed by atoms with E-state index < -0.39 is 52.3 Å². The number of ether oxygens (including phenoxy) is 2. The zero-order chi connectivity index (χ0) is 31.7. The molecule has 9 nitrogen and oxygen atoms in total. The molecule has 7 rings (SSSR count). The maximum Gasteiger partial charge on any atom is 0.417 e. The van der Waals surface area contributed by atoms with Gasteiger partial charge in [0.15, 0.2) is 10.9 Å². The number of thiazole rings is 1. The number of hydrogen-bond donors (Lipinski definition) is 3.